The number of carbonyl (C=O) groups is 1. The topological polar surface area (TPSA) is 82.2 Å². The Morgan fingerprint density at radius 2 is 1.79 bits per heavy atom. The van der Waals surface area contributed by atoms with E-state index in [0.29, 0.717) is 11.4 Å². The number of benzene rings is 2. The molecule has 2 aromatic carbocycles. The van der Waals surface area contributed by atoms with Crippen LogP contribution in [-0.2, 0) is 4.79 Å². The van der Waals surface area contributed by atoms with Crippen LogP contribution in [-0.4, -0.2) is 40.4 Å². The van der Waals surface area contributed by atoms with E-state index in [4.69, 9.17) is 0 Å². The van der Waals surface area contributed by atoms with Gasteiger partial charge in [-0.1, -0.05) is 24.3 Å². The van der Waals surface area contributed by atoms with Gasteiger partial charge in [0.05, 0.1) is 6.20 Å². The largest absolute Gasteiger partial charge is 0.338 e. The SMILES string of the molecule is Cc1cccc(Nc2nc(Nc3cccc(NC(=O)/C=C/CN4CCCC4)c3)ncc2F)c1. The zero-order valence-corrected chi connectivity index (χ0v) is 18.5. The van der Waals surface area contributed by atoms with Gasteiger partial charge in [0.25, 0.3) is 0 Å². The van der Waals surface area contributed by atoms with Crippen molar-refractivity contribution < 1.29 is 9.18 Å². The summed E-state index contributed by atoms with van der Waals surface area (Å²) in [5, 5.41) is 8.89. The lowest BCUT2D eigenvalue weighted by molar-refractivity contribution is -0.111. The summed E-state index contributed by atoms with van der Waals surface area (Å²) < 4.78 is 14.2. The summed E-state index contributed by atoms with van der Waals surface area (Å²) in [5.41, 5.74) is 3.09. The van der Waals surface area contributed by atoms with Gasteiger partial charge in [0.1, 0.15) is 0 Å². The summed E-state index contributed by atoms with van der Waals surface area (Å²) in [6.45, 7) is 4.93. The standard InChI is InChI=1S/C25H27FN6O/c1-18-7-4-8-19(15-18)29-24-22(26)17-27-25(31-24)30-21-10-5-9-20(16-21)28-23(33)11-6-14-32-12-2-3-13-32/h4-11,15-17H,2-3,12-14H2,1H3,(H,28,33)(H2,27,29,30,31)/b11-6+. The van der Waals surface area contributed by atoms with E-state index in [-0.39, 0.29) is 17.7 Å². The van der Waals surface area contributed by atoms with Crippen LogP contribution in [0.15, 0.2) is 66.9 Å². The molecular formula is C25H27FN6O. The summed E-state index contributed by atoms with van der Waals surface area (Å²) >= 11 is 0. The fourth-order valence-electron chi connectivity index (χ4n) is 3.64. The zero-order valence-electron chi connectivity index (χ0n) is 18.5. The van der Waals surface area contributed by atoms with Crippen molar-refractivity contribution in [2.45, 2.75) is 19.8 Å². The molecule has 4 rings (SSSR count). The van der Waals surface area contributed by atoms with Gasteiger partial charge >= 0.3 is 0 Å². The molecule has 0 bridgehead atoms. The highest BCUT2D eigenvalue weighted by Gasteiger charge is 2.10. The molecule has 8 heteroatoms. The van der Waals surface area contributed by atoms with E-state index in [2.05, 4.69) is 30.8 Å². The minimum atomic E-state index is -0.552. The second-order valence-corrected chi connectivity index (χ2v) is 7.99. The molecule has 0 unspecified atom stereocenters. The van der Waals surface area contributed by atoms with Crippen LogP contribution >= 0.6 is 0 Å². The summed E-state index contributed by atoms with van der Waals surface area (Å²) in [5.74, 6) is -0.427. The Bertz CT molecular complexity index is 1140. The van der Waals surface area contributed by atoms with Crippen LogP contribution in [0.5, 0.6) is 0 Å². The second kappa shape index (κ2) is 10.7. The monoisotopic (exact) mass is 446 g/mol. The quantitative estimate of drug-likeness (QED) is 0.423. The van der Waals surface area contributed by atoms with Gasteiger partial charge in [0, 0.05) is 29.7 Å². The second-order valence-electron chi connectivity index (χ2n) is 7.99. The summed E-state index contributed by atoms with van der Waals surface area (Å²) in [6, 6.07) is 14.8. The normalized spacial score (nSPS) is 13.9. The zero-order chi connectivity index (χ0) is 23.0. The van der Waals surface area contributed by atoms with Gasteiger partial charge in [-0.05, 0) is 68.8 Å². The molecule has 1 aliphatic rings. The molecule has 1 aromatic heterocycles. The highest BCUT2D eigenvalue weighted by atomic mass is 19.1. The first kappa shape index (κ1) is 22.4. The van der Waals surface area contributed by atoms with Crippen molar-refractivity contribution in [2.24, 2.45) is 0 Å². The number of nitrogens with zero attached hydrogens (tertiary/aromatic N) is 3. The predicted molar refractivity (Wildman–Crippen MR) is 130 cm³/mol. The summed E-state index contributed by atoms with van der Waals surface area (Å²) in [4.78, 5) is 22.8. The lowest BCUT2D eigenvalue weighted by Gasteiger charge is -2.11. The van der Waals surface area contributed by atoms with E-state index >= 15 is 0 Å². The minimum Gasteiger partial charge on any atom is -0.338 e. The number of carbonyl (C=O) groups excluding carboxylic acids is 1. The number of hydrogen-bond acceptors (Lipinski definition) is 6. The first-order chi connectivity index (χ1) is 16.0. The summed E-state index contributed by atoms with van der Waals surface area (Å²) in [7, 11) is 0. The molecule has 0 spiro atoms. The fraction of sp³-hybridized carbons (Fsp3) is 0.240. The van der Waals surface area contributed by atoms with E-state index in [1.165, 1.54) is 12.8 Å². The summed E-state index contributed by atoms with van der Waals surface area (Å²) in [6.07, 6.45) is 7.01. The van der Waals surface area contributed by atoms with E-state index in [1.807, 2.05) is 43.3 Å². The van der Waals surface area contributed by atoms with Crippen molar-refractivity contribution in [3.8, 4) is 0 Å². The van der Waals surface area contributed by atoms with Crippen molar-refractivity contribution in [1.82, 2.24) is 14.9 Å². The third-order valence-corrected chi connectivity index (χ3v) is 5.24. The Morgan fingerprint density at radius 3 is 2.58 bits per heavy atom. The van der Waals surface area contributed by atoms with Gasteiger partial charge < -0.3 is 16.0 Å². The molecule has 0 radical (unpaired) electrons. The van der Waals surface area contributed by atoms with Crippen molar-refractivity contribution >= 4 is 34.7 Å². The molecule has 0 atom stereocenters. The number of likely N-dealkylation sites (tertiary alicyclic amines) is 1. The molecule has 170 valence electrons. The molecule has 1 fully saturated rings. The lowest BCUT2D eigenvalue weighted by Crippen LogP contribution is -2.19. The molecule has 3 N–H and O–H groups in total. The molecule has 1 aliphatic heterocycles. The Morgan fingerprint density at radius 1 is 1.06 bits per heavy atom. The number of rotatable bonds is 8. The van der Waals surface area contributed by atoms with Crippen LogP contribution in [0.1, 0.15) is 18.4 Å². The third-order valence-electron chi connectivity index (χ3n) is 5.24. The maximum atomic E-state index is 14.2. The Kier molecular flexibility index (Phi) is 7.26. The van der Waals surface area contributed by atoms with Gasteiger partial charge in [-0.2, -0.15) is 4.98 Å². The number of halogens is 1. The number of aryl methyl sites for hydroxylation is 1. The lowest BCUT2D eigenvalue weighted by atomic mass is 10.2. The molecule has 1 amide bonds. The molecule has 0 aliphatic carbocycles. The van der Waals surface area contributed by atoms with Gasteiger partial charge in [0.15, 0.2) is 11.6 Å². The van der Waals surface area contributed by atoms with Crippen LogP contribution in [0.3, 0.4) is 0 Å². The van der Waals surface area contributed by atoms with E-state index in [0.717, 1.165) is 37.1 Å². The van der Waals surface area contributed by atoms with Crippen LogP contribution in [0, 0.1) is 12.7 Å². The maximum absolute atomic E-state index is 14.2. The first-order valence-corrected chi connectivity index (χ1v) is 11.0. The van der Waals surface area contributed by atoms with Crippen LogP contribution < -0.4 is 16.0 Å². The number of hydrogen-bond donors (Lipinski definition) is 3. The fourth-order valence-corrected chi connectivity index (χ4v) is 3.64. The molecule has 2 heterocycles. The van der Waals surface area contributed by atoms with Crippen molar-refractivity contribution in [3.63, 3.8) is 0 Å². The molecule has 33 heavy (non-hydrogen) atoms. The van der Waals surface area contributed by atoms with E-state index in [1.54, 1.807) is 24.3 Å². The van der Waals surface area contributed by atoms with Gasteiger partial charge in [0.2, 0.25) is 11.9 Å². The van der Waals surface area contributed by atoms with Crippen molar-refractivity contribution in [3.05, 3.63) is 78.3 Å². The molecule has 3 aromatic rings. The average Bonchev–Trinajstić information content (AvgIpc) is 3.30. The Balaban J connectivity index is 1.38. The van der Waals surface area contributed by atoms with Crippen molar-refractivity contribution in [1.29, 1.82) is 0 Å². The smallest absolute Gasteiger partial charge is 0.248 e. The maximum Gasteiger partial charge on any atom is 0.248 e. The minimum absolute atomic E-state index is 0.0747. The van der Waals surface area contributed by atoms with Gasteiger partial charge in [-0.15, -0.1) is 0 Å². The first-order valence-electron chi connectivity index (χ1n) is 11.0. The number of amides is 1. The Labute approximate surface area is 192 Å². The molecule has 1 saturated heterocycles. The third kappa shape index (κ3) is 6.60. The predicted octanol–water partition coefficient (Wildman–Crippen LogP) is 5.00. The highest BCUT2D eigenvalue weighted by molar-refractivity contribution is 5.99. The number of anilines is 5. The van der Waals surface area contributed by atoms with E-state index in [9.17, 15) is 9.18 Å². The van der Waals surface area contributed by atoms with Crippen molar-refractivity contribution in [2.75, 3.05) is 35.6 Å². The number of aromatic nitrogens is 2. The number of nitrogens with one attached hydrogen (secondary N) is 3. The van der Waals surface area contributed by atoms with Crippen LogP contribution in [0.4, 0.5) is 33.2 Å². The van der Waals surface area contributed by atoms with Crippen LogP contribution in [0.25, 0.3) is 0 Å². The molecule has 7 nitrogen and oxygen atoms in total. The molecular weight excluding hydrogens is 419 g/mol. The van der Waals surface area contributed by atoms with E-state index < -0.39 is 5.82 Å². The van der Waals surface area contributed by atoms with Gasteiger partial charge in [-0.3, -0.25) is 9.69 Å². The molecule has 0 saturated carbocycles. The highest BCUT2D eigenvalue weighted by Crippen LogP contribution is 2.22. The van der Waals surface area contributed by atoms with Crippen LogP contribution in [0.2, 0.25) is 0 Å². The van der Waals surface area contributed by atoms with Gasteiger partial charge in [-0.25, -0.2) is 9.37 Å². The Hall–Kier alpha value is -3.78. The average molecular weight is 447 g/mol.